The molecule has 0 radical (unpaired) electrons. The van der Waals surface area contributed by atoms with Crippen molar-refractivity contribution in [3.63, 3.8) is 0 Å². The number of hydrogen-bond donors (Lipinski definition) is 3. The van der Waals surface area contributed by atoms with Gasteiger partial charge in [-0.2, -0.15) is 0 Å². The maximum atomic E-state index is 11.9. The smallest absolute Gasteiger partial charge is 0.223 e. The minimum Gasteiger partial charge on any atom is -0.393 e. The van der Waals surface area contributed by atoms with E-state index in [0.717, 1.165) is 13.1 Å². The summed E-state index contributed by atoms with van der Waals surface area (Å²) in [4.78, 5) is 11.9. The van der Waals surface area contributed by atoms with Crippen LogP contribution in [0.25, 0.3) is 0 Å². The summed E-state index contributed by atoms with van der Waals surface area (Å²) in [6, 6.07) is 0. The van der Waals surface area contributed by atoms with E-state index < -0.39 is 0 Å². The van der Waals surface area contributed by atoms with E-state index in [1.807, 2.05) is 6.92 Å². The molecule has 0 saturated carbocycles. The van der Waals surface area contributed by atoms with Gasteiger partial charge in [-0.1, -0.05) is 20.8 Å². The van der Waals surface area contributed by atoms with E-state index in [9.17, 15) is 9.90 Å². The number of amides is 1. The molecule has 1 fully saturated rings. The Kier molecular flexibility index (Phi) is 7.18. The monoisotopic (exact) mass is 278 g/mol. The van der Waals surface area contributed by atoms with Gasteiger partial charge < -0.3 is 15.7 Å². The number of aliphatic hydroxyl groups is 1. The predicted molar refractivity (Wildman–Crippen MR) is 75.9 cm³/mol. The molecular formula is C13H27ClN2O2. The molecule has 1 amide bonds. The highest BCUT2D eigenvalue weighted by Gasteiger charge is 2.29. The lowest BCUT2D eigenvalue weighted by molar-refractivity contribution is -0.127. The standard InChI is InChI=1S/C13H26N2O2.ClH/c1-9(16)5-13(3,4)8-15-12(17)10(2)11-6-14-7-11;/h9-11,14,16H,5-8H2,1-4H3,(H,15,17);1H. The molecule has 1 aliphatic rings. The summed E-state index contributed by atoms with van der Waals surface area (Å²) in [5.41, 5.74) is -0.0542. The molecule has 1 heterocycles. The minimum absolute atomic E-state index is 0. The van der Waals surface area contributed by atoms with E-state index in [0.29, 0.717) is 18.9 Å². The third-order valence-electron chi connectivity index (χ3n) is 3.52. The summed E-state index contributed by atoms with van der Waals surface area (Å²) in [5, 5.41) is 15.6. The number of carbonyl (C=O) groups excluding carboxylic acids is 1. The second-order valence-corrected chi connectivity index (χ2v) is 6.14. The third-order valence-corrected chi connectivity index (χ3v) is 3.52. The van der Waals surface area contributed by atoms with Gasteiger partial charge in [0.2, 0.25) is 5.91 Å². The van der Waals surface area contributed by atoms with Gasteiger partial charge in [0, 0.05) is 12.5 Å². The first-order valence-electron chi connectivity index (χ1n) is 6.48. The molecule has 0 aromatic carbocycles. The summed E-state index contributed by atoms with van der Waals surface area (Å²) >= 11 is 0. The maximum absolute atomic E-state index is 11.9. The fraction of sp³-hybridized carbons (Fsp3) is 0.923. The van der Waals surface area contributed by atoms with E-state index in [1.165, 1.54) is 0 Å². The number of hydrogen-bond acceptors (Lipinski definition) is 3. The molecule has 3 N–H and O–H groups in total. The Hall–Kier alpha value is -0.320. The van der Waals surface area contributed by atoms with Gasteiger partial charge in [-0.25, -0.2) is 0 Å². The van der Waals surface area contributed by atoms with Crippen LogP contribution in [0.1, 0.15) is 34.1 Å². The Labute approximate surface area is 116 Å². The largest absolute Gasteiger partial charge is 0.393 e. The predicted octanol–water partition coefficient (Wildman–Crippen LogP) is 1.18. The van der Waals surface area contributed by atoms with E-state index in [4.69, 9.17) is 0 Å². The molecule has 0 bridgehead atoms. The number of rotatable bonds is 6. The third kappa shape index (κ3) is 5.55. The minimum atomic E-state index is -0.324. The highest BCUT2D eigenvalue weighted by Crippen LogP contribution is 2.22. The first-order valence-corrected chi connectivity index (χ1v) is 6.48. The molecule has 0 aliphatic carbocycles. The highest BCUT2D eigenvalue weighted by molar-refractivity contribution is 5.85. The van der Waals surface area contributed by atoms with Crippen LogP contribution < -0.4 is 10.6 Å². The summed E-state index contributed by atoms with van der Waals surface area (Å²) < 4.78 is 0. The van der Waals surface area contributed by atoms with Gasteiger partial charge in [-0.15, -0.1) is 12.4 Å². The van der Waals surface area contributed by atoms with Gasteiger partial charge in [0.25, 0.3) is 0 Å². The summed E-state index contributed by atoms with van der Waals surface area (Å²) in [7, 11) is 0. The molecular weight excluding hydrogens is 252 g/mol. The topological polar surface area (TPSA) is 61.4 Å². The van der Waals surface area contributed by atoms with Gasteiger partial charge >= 0.3 is 0 Å². The zero-order valence-corrected chi connectivity index (χ0v) is 12.6. The van der Waals surface area contributed by atoms with Crippen LogP contribution in [0.5, 0.6) is 0 Å². The van der Waals surface area contributed by atoms with Crippen molar-refractivity contribution in [1.29, 1.82) is 0 Å². The molecule has 0 spiro atoms. The summed E-state index contributed by atoms with van der Waals surface area (Å²) in [6.07, 6.45) is 0.377. The molecule has 2 unspecified atom stereocenters. The lowest BCUT2D eigenvalue weighted by Gasteiger charge is -2.33. The normalized spacial score (nSPS) is 19.4. The number of halogens is 1. The van der Waals surface area contributed by atoms with Crippen LogP contribution >= 0.6 is 12.4 Å². The second-order valence-electron chi connectivity index (χ2n) is 6.14. The average Bonchev–Trinajstić information content (AvgIpc) is 2.09. The van der Waals surface area contributed by atoms with E-state index in [2.05, 4.69) is 24.5 Å². The molecule has 0 aromatic heterocycles. The van der Waals surface area contributed by atoms with Gasteiger partial charge in [0.05, 0.1) is 6.10 Å². The Morgan fingerprint density at radius 1 is 1.44 bits per heavy atom. The van der Waals surface area contributed by atoms with Crippen molar-refractivity contribution in [3.8, 4) is 0 Å². The molecule has 1 aliphatic heterocycles. The quantitative estimate of drug-likeness (QED) is 0.684. The molecule has 1 saturated heterocycles. The first-order chi connectivity index (χ1) is 7.82. The van der Waals surface area contributed by atoms with Crippen LogP contribution in [-0.4, -0.2) is 36.8 Å². The fourth-order valence-electron chi connectivity index (χ4n) is 2.24. The lowest BCUT2D eigenvalue weighted by atomic mass is 9.85. The van der Waals surface area contributed by atoms with Crippen molar-refractivity contribution in [1.82, 2.24) is 10.6 Å². The van der Waals surface area contributed by atoms with Gasteiger partial charge in [-0.05, 0) is 37.8 Å². The van der Waals surface area contributed by atoms with Gasteiger partial charge in [-0.3, -0.25) is 4.79 Å². The van der Waals surface area contributed by atoms with Crippen molar-refractivity contribution in [2.45, 2.75) is 40.2 Å². The van der Waals surface area contributed by atoms with Gasteiger partial charge in [0.1, 0.15) is 0 Å². The van der Waals surface area contributed by atoms with E-state index >= 15 is 0 Å². The van der Waals surface area contributed by atoms with Crippen LogP contribution in [0.3, 0.4) is 0 Å². The Morgan fingerprint density at radius 3 is 2.39 bits per heavy atom. The summed E-state index contributed by atoms with van der Waals surface area (Å²) in [5.74, 6) is 0.698. The number of nitrogens with one attached hydrogen (secondary N) is 2. The fourth-order valence-corrected chi connectivity index (χ4v) is 2.24. The average molecular weight is 279 g/mol. The molecule has 5 heteroatoms. The van der Waals surface area contributed by atoms with E-state index in [1.54, 1.807) is 6.92 Å². The number of aliphatic hydroxyl groups excluding tert-OH is 1. The number of carbonyl (C=O) groups is 1. The van der Waals surface area contributed by atoms with Crippen LogP contribution in [0.2, 0.25) is 0 Å². The van der Waals surface area contributed by atoms with Gasteiger partial charge in [0.15, 0.2) is 0 Å². The van der Waals surface area contributed by atoms with Crippen molar-refractivity contribution in [2.75, 3.05) is 19.6 Å². The molecule has 108 valence electrons. The SMILES string of the molecule is CC(O)CC(C)(C)CNC(=O)C(C)C1CNC1.Cl. The Morgan fingerprint density at radius 2 is 2.00 bits per heavy atom. The summed E-state index contributed by atoms with van der Waals surface area (Å²) in [6.45, 7) is 10.4. The lowest BCUT2D eigenvalue weighted by Crippen LogP contribution is -2.50. The van der Waals surface area contributed by atoms with Crippen molar-refractivity contribution < 1.29 is 9.90 Å². The zero-order valence-electron chi connectivity index (χ0n) is 11.8. The Balaban J connectivity index is 0.00000289. The van der Waals surface area contributed by atoms with Crippen molar-refractivity contribution in [2.24, 2.45) is 17.3 Å². The second kappa shape index (κ2) is 7.31. The maximum Gasteiger partial charge on any atom is 0.223 e. The van der Waals surface area contributed by atoms with Crippen LogP contribution in [0.15, 0.2) is 0 Å². The van der Waals surface area contributed by atoms with Crippen molar-refractivity contribution >= 4 is 18.3 Å². The van der Waals surface area contributed by atoms with Crippen LogP contribution in [-0.2, 0) is 4.79 Å². The molecule has 4 nitrogen and oxygen atoms in total. The molecule has 1 rings (SSSR count). The molecule has 2 atom stereocenters. The first kappa shape index (κ1) is 17.7. The molecule has 18 heavy (non-hydrogen) atoms. The van der Waals surface area contributed by atoms with Crippen LogP contribution in [0, 0.1) is 17.3 Å². The highest BCUT2D eigenvalue weighted by atomic mass is 35.5. The van der Waals surface area contributed by atoms with E-state index in [-0.39, 0.29) is 35.8 Å². The van der Waals surface area contributed by atoms with Crippen molar-refractivity contribution in [3.05, 3.63) is 0 Å². The zero-order chi connectivity index (χ0) is 13.1. The Bertz CT molecular complexity index is 266. The molecule has 0 aromatic rings. The van der Waals surface area contributed by atoms with Crippen LogP contribution in [0.4, 0.5) is 0 Å².